The Hall–Kier alpha value is -6.85. The Morgan fingerprint density at radius 1 is 0.627 bits per heavy atom. The zero-order chi connectivity index (χ0) is 47.0. The predicted molar refractivity (Wildman–Crippen MR) is 258 cm³/mol. The van der Waals surface area contributed by atoms with Crippen LogP contribution in [0, 0.1) is 13.8 Å². The number of fused-ring (bicyclic) bond motifs is 6. The summed E-state index contributed by atoms with van der Waals surface area (Å²) in [5.74, 6) is 3.81. The third-order valence-corrected chi connectivity index (χ3v) is 12.8. The molecule has 67 heavy (non-hydrogen) atoms. The Morgan fingerprint density at radius 3 is 1.60 bits per heavy atom. The molecule has 2 aliphatic rings. The van der Waals surface area contributed by atoms with Gasteiger partial charge in [0.25, 0.3) is 0 Å². The van der Waals surface area contributed by atoms with Gasteiger partial charge < -0.3 is 25.4 Å². The number of carbonyl (C=O) groups is 3. The molecule has 18 heteroatoms. The fraction of sp³-hybridized carbons (Fsp3) is 0.327. The number of hydrogen-bond donors (Lipinski definition) is 3. The lowest BCUT2D eigenvalue weighted by Crippen LogP contribution is -2.27. The van der Waals surface area contributed by atoms with Gasteiger partial charge in [0.1, 0.15) is 35.2 Å². The van der Waals surface area contributed by atoms with Gasteiger partial charge in [-0.1, -0.05) is 35.9 Å². The van der Waals surface area contributed by atoms with Crippen molar-refractivity contribution < 1.29 is 23.9 Å². The van der Waals surface area contributed by atoms with E-state index in [9.17, 15) is 14.4 Å². The Bertz CT molecular complexity index is 2840. The molecule has 0 saturated heterocycles. The van der Waals surface area contributed by atoms with Crippen LogP contribution in [0.25, 0.3) is 11.4 Å². The zero-order valence-electron chi connectivity index (χ0n) is 38.0. The molecule has 3 N–H and O–H groups in total. The third kappa shape index (κ3) is 10.6. The van der Waals surface area contributed by atoms with Gasteiger partial charge in [-0.3, -0.25) is 33.5 Å². The van der Waals surface area contributed by atoms with Crippen molar-refractivity contribution in [2.75, 3.05) is 39.6 Å². The number of unbranched alkanes of at least 4 members (excludes halogenated alkanes) is 2. The number of nitrogens with one attached hydrogen (secondary N) is 3. The lowest BCUT2D eigenvalue weighted by molar-refractivity contribution is -0.122. The van der Waals surface area contributed by atoms with Crippen LogP contribution in [0.1, 0.15) is 96.7 Å². The van der Waals surface area contributed by atoms with Crippen LogP contribution in [-0.4, -0.2) is 98.3 Å². The van der Waals surface area contributed by atoms with Crippen LogP contribution in [0.2, 0.25) is 5.02 Å². The Morgan fingerprint density at radius 2 is 1.10 bits per heavy atom. The number of aromatic nitrogens is 6. The third-order valence-electron chi connectivity index (χ3n) is 11.5. The summed E-state index contributed by atoms with van der Waals surface area (Å²) in [5, 5.41) is 27.2. The molecule has 4 aromatic carbocycles. The number of halogens is 1. The van der Waals surface area contributed by atoms with Gasteiger partial charge in [0.05, 0.1) is 55.6 Å². The van der Waals surface area contributed by atoms with Gasteiger partial charge in [0.2, 0.25) is 17.7 Å². The van der Waals surface area contributed by atoms with Crippen LogP contribution in [0.15, 0.2) is 99.8 Å². The molecule has 2 atom stereocenters. The molecular weight excluding hydrogens is 890 g/mol. The van der Waals surface area contributed by atoms with Crippen molar-refractivity contribution in [2.45, 2.75) is 69.9 Å². The lowest BCUT2D eigenvalue weighted by Gasteiger charge is -2.14. The Labute approximate surface area is 398 Å². The normalized spacial score (nSPS) is 14.8. The summed E-state index contributed by atoms with van der Waals surface area (Å²) >= 11 is 7.69. The standard InChI is InChI=1S/C49H52ClN11O5S/c1-6-51-43(62)26-39-48-58-56-29(2)60(48)42-21-17-35(66-5)25-38(42)47(54-39)32-12-18-36(19-13-32)67-28-45(64)53-23-9-7-8-22-52-44(63)27-40-49-59-57-30(3)61(49)41-20-16-34(65-4)24-37(41)46(55-40)31-10-14-33(50)15-11-31/h10-21,24-25,39-40H,6-9,22-23,26-28H2,1-5H3,(H,51,62)(H,52,63)(H,53,64)/t39-,40-/m0/s1. The average Bonchev–Trinajstić information content (AvgIpc) is 3.84. The maximum absolute atomic E-state index is 13.4. The summed E-state index contributed by atoms with van der Waals surface area (Å²) < 4.78 is 15.1. The second kappa shape index (κ2) is 21.2. The topological polar surface area (TPSA) is 192 Å². The molecule has 0 spiro atoms. The second-order valence-corrected chi connectivity index (χ2v) is 17.6. The summed E-state index contributed by atoms with van der Waals surface area (Å²) in [6.45, 7) is 7.18. The fourth-order valence-corrected chi connectivity index (χ4v) is 9.08. The summed E-state index contributed by atoms with van der Waals surface area (Å²) in [6, 6.07) is 25.8. The highest BCUT2D eigenvalue weighted by Gasteiger charge is 2.32. The van der Waals surface area contributed by atoms with Crippen LogP contribution < -0.4 is 25.4 Å². The monoisotopic (exact) mass is 941 g/mol. The molecule has 4 heterocycles. The highest BCUT2D eigenvalue weighted by Crippen LogP contribution is 2.36. The number of aryl methyl sites for hydroxylation is 2. The van der Waals surface area contributed by atoms with Crippen molar-refractivity contribution in [3.05, 3.63) is 136 Å². The number of methoxy groups -OCH3 is 2. The minimum Gasteiger partial charge on any atom is -0.497 e. The van der Waals surface area contributed by atoms with Gasteiger partial charge >= 0.3 is 0 Å². The number of hydrogen-bond acceptors (Lipinski definition) is 12. The van der Waals surface area contributed by atoms with Crippen molar-refractivity contribution in [2.24, 2.45) is 9.98 Å². The van der Waals surface area contributed by atoms with Crippen molar-refractivity contribution in [3.8, 4) is 22.9 Å². The first-order valence-electron chi connectivity index (χ1n) is 22.2. The number of thioether (sulfide) groups is 1. The van der Waals surface area contributed by atoms with E-state index in [0.29, 0.717) is 70.9 Å². The molecule has 3 amide bonds. The van der Waals surface area contributed by atoms with E-state index in [1.165, 1.54) is 11.8 Å². The smallest absolute Gasteiger partial charge is 0.230 e. The Balaban J connectivity index is 0.824. The first-order chi connectivity index (χ1) is 32.5. The Kier molecular flexibility index (Phi) is 14.8. The number of rotatable bonds is 18. The maximum Gasteiger partial charge on any atom is 0.230 e. The molecule has 2 aromatic heterocycles. The maximum atomic E-state index is 13.4. The number of benzene rings is 4. The molecule has 16 nitrogen and oxygen atoms in total. The van der Waals surface area contributed by atoms with Gasteiger partial charge in [-0.15, -0.1) is 32.2 Å². The van der Waals surface area contributed by atoms with E-state index in [4.69, 9.17) is 31.1 Å². The molecule has 0 fully saturated rings. The minimum atomic E-state index is -0.595. The molecule has 6 aromatic rings. The van der Waals surface area contributed by atoms with Crippen LogP contribution in [0.5, 0.6) is 11.5 Å². The number of nitrogens with zero attached hydrogens (tertiary/aromatic N) is 8. The summed E-state index contributed by atoms with van der Waals surface area (Å²) in [7, 11) is 3.24. The van der Waals surface area contributed by atoms with E-state index < -0.39 is 12.1 Å². The number of carbonyl (C=O) groups excluding carboxylic acids is 3. The van der Waals surface area contributed by atoms with E-state index in [-0.39, 0.29) is 36.3 Å². The van der Waals surface area contributed by atoms with Crippen LogP contribution in [0.3, 0.4) is 0 Å². The summed E-state index contributed by atoms with van der Waals surface area (Å²) in [5.41, 5.74) is 6.45. The van der Waals surface area contributed by atoms with Gasteiger partial charge in [0, 0.05) is 51.8 Å². The molecule has 0 saturated carbocycles. The predicted octanol–water partition coefficient (Wildman–Crippen LogP) is 7.03. The molecular formula is C49H52ClN11O5S. The molecule has 8 rings (SSSR count). The summed E-state index contributed by atoms with van der Waals surface area (Å²) in [6.07, 6.45) is 2.54. The van der Waals surface area contributed by atoms with Gasteiger partial charge in [-0.05, 0) is 101 Å². The second-order valence-electron chi connectivity index (χ2n) is 16.1. The fourth-order valence-electron chi connectivity index (χ4n) is 8.23. The van der Waals surface area contributed by atoms with Crippen LogP contribution >= 0.6 is 23.4 Å². The van der Waals surface area contributed by atoms with Crippen LogP contribution in [-0.2, 0) is 14.4 Å². The number of aliphatic imine (C=N–C) groups is 2. The first-order valence-corrected chi connectivity index (χ1v) is 23.6. The average molecular weight is 943 g/mol. The van der Waals surface area contributed by atoms with Crippen LogP contribution in [0.4, 0.5) is 0 Å². The van der Waals surface area contributed by atoms with Gasteiger partial charge in [-0.25, -0.2) is 0 Å². The molecule has 0 aliphatic carbocycles. The van der Waals surface area contributed by atoms with Crippen molar-refractivity contribution >= 4 is 52.5 Å². The van der Waals surface area contributed by atoms with Crippen molar-refractivity contribution in [1.82, 2.24) is 45.5 Å². The number of ether oxygens (including phenoxy) is 2. The number of amides is 3. The minimum absolute atomic E-state index is 0.0613. The van der Waals surface area contributed by atoms with E-state index in [2.05, 4.69) is 36.3 Å². The van der Waals surface area contributed by atoms with Crippen molar-refractivity contribution in [1.29, 1.82) is 0 Å². The SMILES string of the molecule is CCNC(=O)C[C@@H]1N=C(c2ccc(SCC(=O)NCCCCCNC(=O)C[C@@H]3N=C(c4ccc(Cl)cc4)c4cc(OC)ccc4-n4c(C)nnc43)cc2)c2cc(OC)ccc2-n2c(C)nnc21. The molecule has 346 valence electrons. The van der Waals surface area contributed by atoms with Gasteiger partial charge in [0.15, 0.2) is 11.6 Å². The molecule has 0 bridgehead atoms. The summed E-state index contributed by atoms with van der Waals surface area (Å²) in [4.78, 5) is 50.3. The van der Waals surface area contributed by atoms with E-state index in [1.54, 1.807) is 14.2 Å². The lowest BCUT2D eigenvalue weighted by atomic mass is 10.00. The highest BCUT2D eigenvalue weighted by molar-refractivity contribution is 8.00. The molecule has 0 unspecified atom stereocenters. The largest absolute Gasteiger partial charge is 0.497 e. The van der Waals surface area contributed by atoms with E-state index in [1.807, 2.05) is 115 Å². The molecule has 2 aliphatic heterocycles. The quantitative estimate of drug-likeness (QED) is 0.0596. The van der Waals surface area contributed by atoms with E-state index in [0.717, 1.165) is 57.8 Å². The highest BCUT2D eigenvalue weighted by atomic mass is 35.5. The van der Waals surface area contributed by atoms with E-state index >= 15 is 0 Å². The molecule has 0 radical (unpaired) electrons. The van der Waals surface area contributed by atoms with Gasteiger partial charge in [-0.2, -0.15) is 0 Å². The van der Waals surface area contributed by atoms with Crippen molar-refractivity contribution in [3.63, 3.8) is 0 Å². The first kappa shape index (κ1) is 46.7. The zero-order valence-corrected chi connectivity index (χ0v) is 39.6.